The van der Waals surface area contributed by atoms with Gasteiger partial charge in [0.15, 0.2) is 0 Å². The van der Waals surface area contributed by atoms with Gasteiger partial charge in [-0.05, 0) is 34.7 Å². The largest absolute Gasteiger partial charge is 0.506 e. The Bertz CT molecular complexity index is 570. The molecule has 0 aromatic heterocycles. The highest BCUT2D eigenvalue weighted by molar-refractivity contribution is 9.10. The lowest BCUT2D eigenvalue weighted by molar-refractivity contribution is -0.385. The average Bonchev–Trinajstić information content (AvgIpc) is 2.51. The number of phenols is 1. The molecule has 0 amide bonds. The lowest BCUT2D eigenvalue weighted by Gasteiger charge is -2.36. The molecule has 0 radical (unpaired) electrons. The van der Waals surface area contributed by atoms with Gasteiger partial charge in [0.05, 0.1) is 9.40 Å². The highest BCUT2D eigenvalue weighted by atomic mass is 79.9. The Labute approximate surface area is 169 Å². The molecule has 1 aliphatic rings. The number of benzene rings is 1. The van der Waals surface area contributed by atoms with E-state index in [-0.39, 0.29) is 42.3 Å². The molecule has 25 heavy (non-hydrogen) atoms. The monoisotopic (exact) mass is 457 g/mol. The van der Waals surface area contributed by atoms with Gasteiger partial charge in [-0.15, -0.1) is 24.8 Å². The van der Waals surface area contributed by atoms with Gasteiger partial charge in [-0.3, -0.25) is 15.0 Å². The molecule has 0 spiro atoms. The van der Waals surface area contributed by atoms with Crippen molar-refractivity contribution in [2.75, 3.05) is 26.2 Å². The molecule has 1 fully saturated rings. The van der Waals surface area contributed by atoms with E-state index in [9.17, 15) is 15.2 Å². The highest BCUT2D eigenvalue weighted by Crippen LogP contribution is 2.40. The second-order valence-electron chi connectivity index (χ2n) is 6.40. The first kappa shape index (κ1) is 24.4. The SMILES string of the molecule is CC(C)CC[C@@H](c1cc([N+](=O)[O-])cc(Br)c1O)N1CCNCC1.Cl.Cl. The molecule has 1 atom stereocenters. The van der Waals surface area contributed by atoms with Gasteiger partial charge in [-0.1, -0.05) is 13.8 Å². The number of phenolic OH excluding ortho intramolecular Hbond substituents is 1. The van der Waals surface area contributed by atoms with E-state index in [1.165, 1.54) is 12.1 Å². The Kier molecular flexibility index (Phi) is 10.9. The molecular weight excluding hydrogens is 433 g/mol. The van der Waals surface area contributed by atoms with Crippen LogP contribution in [-0.4, -0.2) is 41.1 Å². The number of halogens is 3. The Morgan fingerprint density at radius 3 is 2.40 bits per heavy atom. The zero-order valence-corrected chi connectivity index (χ0v) is 17.6. The molecule has 2 rings (SSSR count). The number of nitro groups is 1. The second kappa shape index (κ2) is 11.2. The molecule has 0 unspecified atom stereocenters. The van der Waals surface area contributed by atoms with Crippen molar-refractivity contribution in [1.29, 1.82) is 0 Å². The van der Waals surface area contributed by atoms with Gasteiger partial charge in [0.1, 0.15) is 5.75 Å². The average molecular weight is 459 g/mol. The molecule has 1 aromatic carbocycles. The third-order valence-electron chi connectivity index (χ3n) is 4.26. The van der Waals surface area contributed by atoms with E-state index < -0.39 is 4.92 Å². The van der Waals surface area contributed by atoms with E-state index >= 15 is 0 Å². The molecule has 0 bridgehead atoms. The summed E-state index contributed by atoms with van der Waals surface area (Å²) < 4.78 is 0.381. The van der Waals surface area contributed by atoms with Gasteiger partial charge in [0.2, 0.25) is 0 Å². The van der Waals surface area contributed by atoms with Crippen LogP contribution in [0.2, 0.25) is 0 Å². The van der Waals surface area contributed by atoms with E-state index in [1.54, 1.807) is 0 Å². The topological polar surface area (TPSA) is 78.6 Å². The lowest BCUT2D eigenvalue weighted by Crippen LogP contribution is -2.45. The van der Waals surface area contributed by atoms with Crippen LogP contribution in [0.25, 0.3) is 0 Å². The van der Waals surface area contributed by atoms with Crippen LogP contribution in [0.5, 0.6) is 5.75 Å². The van der Waals surface area contributed by atoms with E-state index in [0.29, 0.717) is 16.0 Å². The first-order valence-electron chi connectivity index (χ1n) is 8.01. The molecule has 144 valence electrons. The van der Waals surface area contributed by atoms with Crippen molar-refractivity contribution in [3.63, 3.8) is 0 Å². The summed E-state index contributed by atoms with van der Waals surface area (Å²) in [4.78, 5) is 13.1. The number of nitrogens with one attached hydrogen (secondary N) is 1. The Morgan fingerprint density at radius 2 is 1.88 bits per heavy atom. The van der Waals surface area contributed by atoms with Gasteiger partial charge in [0.25, 0.3) is 5.69 Å². The molecule has 6 nitrogen and oxygen atoms in total. The molecule has 0 aliphatic carbocycles. The van der Waals surface area contributed by atoms with Crippen molar-refractivity contribution >= 4 is 46.4 Å². The maximum Gasteiger partial charge on any atom is 0.271 e. The van der Waals surface area contributed by atoms with Crippen molar-refractivity contribution in [2.45, 2.75) is 32.7 Å². The van der Waals surface area contributed by atoms with Gasteiger partial charge >= 0.3 is 0 Å². The molecule has 0 saturated carbocycles. The van der Waals surface area contributed by atoms with Crippen molar-refractivity contribution < 1.29 is 10.0 Å². The number of hydrogen-bond donors (Lipinski definition) is 2. The zero-order chi connectivity index (χ0) is 17.0. The Hall–Kier alpha value is -0.600. The summed E-state index contributed by atoms with van der Waals surface area (Å²) in [6, 6.07) is 2.87. The molecular formula is C16H26BrCl2N3O3. The van der Waals surface area contributed by atoms with Crippen LogP contribution in [-0.2, 0) is 0 Å². The van der Waals surface area contributed by atoms with Crippen molar-refractivity contribution in [3.8, 4) is 5.75 Å². The highest BCUT2D eigenvalue weighted by Gasteiger charge is 2.27. The van der Waals surface area contributed by atoms with E-state index in [0.717, 1.165) is 39.0 Å². The van der Waals surface area contributed by atoms with Crippen molar-refractivity contribution in [1.82, 2.24) is 10.2 Å². The molecule has 9 heteroatoms. The first-order chi connectivity index (χ1) is 10.9. The summed E-state index contributed by atoms with van der Waals surface area (Å²) in [6.45, 7) is 7.88. The fourth-order valence-electron chi connectivity index (χ4n) is 2.98. The number of non-ortho nitro benzene ring substituents is 1. The maximum absolute atomic E-state index is 11.2. The maximum atomic E-state index is 11.2. The third-order valence-corrected chi connectivity index (χ3v) is 4.86. The number of nitro benzene ring substituents is 1. The predicted octanol–water partition coefficient (Wildman–Crippen LogP) is 4.29. The quantitative estimate of drug-likeness (QED) is 0.491. The van der Waals surface area contributed by atoms with Gasteiger partial charge in [0, 0.05) is 49.9 Å². The smallest absolute Gasteiger partial charge is 0.271 e. The number of hydrogen-bond acceptors (Lipinski definition) is 5. The first-order valence-corrected chi connectivity index (χ1v) is 8.81. The second-order valence-corrected chi connectivity index (χ2v) is 7.25. The van der Waals surface area contributed by atoms with Crippen LogP contribution >= 0.6 is 40.7 Å². The van der Waals surface area contributed by atoms with E-state index in [4.69, 9.17) is 0 Å². The summed E-state index contributed by atoms with van der Waals surface area (Å²) in [7, 11) is 0. The number of piperazine rings is 1. The molecule has 1 aliphatic heterocycles. The minimum atomic E-state index is -0.412. The van der Waals surface area contributed by atoms with Crippen molar-refractivity contribution in [3.05, 3.63) is 32.3 Å². The van der Waals surface area contributed by atoms with Crippen molar-refractivity contribution in [2.24, 2.45) is 5.92 Å². The fourth-order valence-corrected chi connectivity index (χ4v) is 3.45. The minimum Gasteiger partial charge on any atom is -0.506 e. The Balaban J connectivity index is 0.00000288. The standard InChI is InChI=1S/C16H24BrN3O3.2ClH/c1-11(2)3-4-15(19-7-5-18-6-8-19)13-9-12(20(22)23)10-14(17)16(13)21;;/h9-11,15,18,21H,3-8H2,1-2H3;2*1H/t15-;;/m0../s1. The number of aromatic hydroxyl groups is 1. The van der Waals surface area contributed by atoms with Crippen LogP contribution in [0, 0.1) is 16.0 Å². The van der Waals surface area contributed by atoms with Crippen LogP contribution in [0.4, 0.5) is 5.69 Å². The number of nitrogens with zero attached hydrogens (tertiary/aromatic N) is 2. The van der Waals surface area contributed by atoms with Crippen LogP contribution in [0.15, 0.2) is 16.6 Å². The van der Waals surface area contributed by atoms with Crippen LogP contribution in [0.3, 0.4) is 0 Å². The Morgan fingerprint density at radius 1 is 1.28 bits per heavy atom. The van der Waals surface area contributed by atoms with Crippen LogP contribution in [0.1, 0.15) is 38.3 Å². The van der Waals surface area contributed by atoms with E-state index in [2.05, 4.69) is 40.0 Å². The summed E-state index contributed by atoms with van der Waals surface area (Å²) in [5.74, 6) is 0.660. The minimum absolute atomic E-state index is 0. The summed E-state index contributed by atoms with van der Waals surface area (Å²) in [5, 5.41) is 24.9. The van der Waals surface area contributed by atoms with Crippen LogP contribution < -0.4 is 5.32 Å². The van der Waals surface area contributed by atoms with Gasteiger partial charge in [-0.2, -0.15) is 0 Å². The van der Waals surface area contributed by atoms with Gasteiger partial charge < -0.3 is 10.4 Å². The summed E-state index contributed by atoms with van der Waals surface area (Å²) in [5.41, 5.74) is 0.656. The predicted molar refractivity (Wildman–Crippen MR) is 108 cm³/mol. The van der Waals surface area contributed by atoms with E-state index in [1.807, 2.05) is 0 Å². The summed E-state index contributed by atoms with van der Waals surface area (Å²) >= 11 is 3.25. The van der Waals surface area contributed by atoms with Gasteiger partial charge in [-0.25, -0.2) is 0 Å². The lowest BCUT2D eigenvalue weighted by atomic mass is 9.94. The molecule has 1 saturated heterocycles. The molecule has 2 N–H and O–H groups in total. The normalized spacial score (nSPS) is 16.0. The third kappa shape index (κ3) is 6.57. The summed E-state index contributed by atoms with van der Waals surface area (Å²) in [6.07, 6.45) is 1.88. The molecule has 1 heterocycles. The zero-order valence-electron chi connectivity index (χ0n) is 14.4. The fraction of sp³-hybridized carbons (Fsp3) is 0.625. The number of rotatable bonds is 6. The molecule has 1 aromatic rings.